The summed E-state index contributed by atoms with van der Waals surface area (Å²) in [5, 5.41) is 7.47. The average Bonchev–Trinajstić information content (AvgIpc) is 3.08. The van der Waals surface area contributed by atoms with Gasteiger partial charge in [0.05, 0.1) is 12.6 Å². The number of aryl methyl sites for hydroxylation is 1. The van der Waals surface area contributed by atoms with E-state index in [4.69, 9.17) is 5.73 Å². The maximum Gasteiger partial charge on any atom is 0.193 e. The number of rotatable bonds is 7. The third-order valence-electron chi connectivity index (χ3n) is 3.94. The van der Waals surface area contributed by atoms with Crippen molar-refractivity contribution in [1.29, 1.82) is 0 Å². The highest BCUT2D eigenvalue weighted by Gasteiger charge is 2.18. The number of halogens is 1. The molecule has 24 heavy (non-hydrogen) atoms. The number of hydrogen-bond acceptors (Lipinski definition) is 3. The van der Waals surface area contributed by atoms with Crippen LogP contribution in [0.3, 0.4) is 0 Å². The number of hydrogen-bond donors (Lipinski definition) is 2. The molecule has 3 N–H and O–H groups in total. The lowest BCUT2D eigenvalue weighted by molar-refractivity contribution is 0.225. The Morgan fingerprint density at radius 3 is 2.42 bits per heavy atom. The van der Waals surface area contributed by atoms with Crippen LogP contribution in [-0.2, 0) is 0 Å². The molecule has 0 amide bonds. The van der Waals surface area contributed by atoms with E-state index in [0.717, 1.165) is 18.8 Å². The number of nitrogens with one attached hydrogen (secondary N) is 1. The summed E-state index contributed by atoms with van der Waals surface area (Å²) in [6.07, 6.45) is 0. The highest BCUT2D eigenvalue weighted by Crippen LogP contribution is 2.23. The van der Waals surface area contributed by atoms with E-state index in [2.05, 4.69) is 64.9 Å². The van der Waals surface area contributed by atoms with Crippen molar-refractivity contribution in [3.63, 3.8) is 0 Å². The fourth-order valence-electron chi connectivity index (χ4n) is 2.57. The number of benzene rings is 1. The van der Waals surface area contributed by atoms with E-state index in [1.54, 1.807) is 11.3 Å². The third-order valence-corrected chi connectivity index (χ3v) is 4.64. The first kappa shape index (κ1) is 20.9. The Morgan fingerprint density at radius 1 is 1.21 bits per heavy atom. The molecule has 0 aliphatic heterocycles. The molecule has 0 aliphatic rings. The van der Waals surface area contributed by atoms with Gasteiger partial charge in [-0.1, -0.05) is 31.5 Å². The molecule has 1 atom stereocenters. The lowest BCUT2D eigenvalue weighted by atomic mass is 10.1. The van der Waals surface area contributed by atoms with Crippen molar-refractivity contribution >= 4 is 47.0 Å². The first-order valence-electron chi connectivity index (χ1n) is 8.03. The Morgan fingerprint density at radius 2 is 1.88 bits per heavy atom. The molecule has 1 heterocycles. The van der Waals surface area contributed by atoms with Gasteiger partial charge in [-0.2, -0.15) is 11.3 Å². The lowest BCUT2D eigenvalue weighted by Crippen LogP contribution is -2.31. The fraction of sp³-hybridized carbons (Fsp3) is 0.389. The van der Waals surface area contributed by atoms with E-state index >= 15 is 0 Å². The number of anilines is 1. The molecule has 0 spiro atoms. The summed E-state index contributed by atoms with van der Waals surface area (Å²) in [6, 6.07) is 10.6. The molecule has 2 aromatic rings. The summed E-state index contributed by atoms with van der Waals surface area (Å²) in [4.78, 5) is 6.97. The Balaban J connectivity index is 0.00000288. The summed E-state index contributed by atoms with van der Waals surface area (Å²) in [7, 11) is 0. The molecule has 1 aromatic heterocycles. The van der Waals surface area contributed by atoms with Crippen LogP contribution in [0.15, 0.2) is 46.1 Å². The fourth-order valence-corrected chi connectivity index (χ4v) is 3.28. The molecule has 0 saturated carbocycles. The predicted molar refractivity (Wildman–Crippen MR) is 117 cm³/mol. The molecule has 0 bridgehead atoms. The van der Waals surface area contributed by atoms with E-state index in [1.807, 2.05) is 12.1 Å². The van der Waals surface area contributed by atoms with Crippen molar-refractivity contribution in [2.45, 2.75) is 26.8 Å². The van der Waals surface area contributed by atoms with Gasteiger partial charge < -0.3 is 11.1 Å². The van der Waals surface area contributed by atoms with E-state index < -0.39 is 0 Å². The van der Waals surface area contributed by atoms with Crippen molar-refractivity contribution in [1.82, 2.24) is 4.90 Å². The zero-order valence-corrected chi connectivity index (χ0v) is 17.7. The second kappa shape index (κ2) is 10.7. The summed E-state index contributed by atoms with van der Waals surface area (Å²) >= 11 is 1.72. The van der Waals surface area contributed by atoms with Crippen LogP contribution in [0.5, 0.6) is 0 Å². The third kappa shape index (κ3) is 6.07. The first-order chi connectivity index (χ1) is 11.1. The van der Waals surface area contributed by atoms with Crippen LogP contribution in [0.4, 0.5) is 5.69 Å². The number of nitrogens with two attached hydrogens (primary N) is 1. The van der Waals surface area contributed by atoms with Crippen molar-refractivity contribution < 1.29 is 0 Å². The minimum atomic E-state index is 0. The average molecular weight is 458 g/mol. The molecule has 132 valence electrons. The highest BCUT2D eigenvalue weighted by molar-refractivity contribution is 14.0. The van der Waals surface area contributed by atoms with Crippen LogP contribution in [0, 0.1) is 6.92 Å². The summed E-state index contributed by atoms with van der Waals surface area (Å²) < 4.78 is 0. The second-order valence-corrected chi connectivity index (χ2v) is 6.29. The van der Waals surface area contributed by atoms with Gasteiger partial charge in [0.15, 0.2) is 5.96 Å². The van der Waals surface area contributed by atoms with Crippen molar-refractivity contribution in [3.8, 4) is 0 Å². The van der Waals surface area contributed by atoms with Crippen molar-refractivity contribution in [3.05, 3.63) is 52.2 Å². The topological polar surface area (TPSA) is 53.6 Å². The normalized spacial score (nSPS) is 12.8. The molecule has 1 unspecified atom stereocenters. The summed E-state index contributed by atoms with van der Waals surface area (Å²) in [5.41, 5.74) is 9.55. The Hall–Kier alpha value is -1.12. The largest absolute Gasteiger partial charge is 0.370 e. The first-order valence-corrected chi connectivity index (χ1v) is 8.98. The van der Waals surface area contributed by atoms with Gasteiger partial charge >= 0.3 is 0 Å². The van der Waals surface area contributed by atoms with Crippen molar-refractivity contribution in [2.75, 3.05) is 25.0 Å². The zero-order chi connectivity index (χ0) is 16.7. The van der Waals surface area contributed by atoms with Crippen LogP contribution in [-0.4, -0.2) is 30.5 Å². The van der Waals surface area contributed by atoms with E-state index in [9.17, 15) is 0 Å². The van der Waals surface area contributed by atoms with Gasteiger partial charge in [-0.15, -0.1) is 24.0 Å². The SMILES string of the molecule is CCN(CC)C(CN=C(N)Nc1ccc(C)cc1)c1ccsc1.I. The van der Waals surface area contributed by atoms with Crippen LogP contribution >= 0.6 is 35.3 Å². The molecule has 4 nitrogen and oxygen atoms in total. The summed E-state index contributed by atoms with van der Waals surface area (Å²) in [6.45, 7) is 9.08. The monoisotopic (exact) mass is 458 g/mol. The van der Waals surface area contributed by atoms with Crippen LogP contribution in [0.25, 0.3) is 0 Å². The van der Waals surface area contributed by atoms with E-state index in [-0.39, 0.29) is 30.0 Å². The summed E-state index contributed by atoms with van der Waals surface area (Å²) in [5.74, 6) is 0.459. The van der Waals surface area contributed by atoms with E-state index in [0.29, 0.717) is 12.5 Å². The molecular formula is C18H27IN4S. The Labute approximate surface area is 166 Å². The van der Waals surface area contributed by atoms with Crippen LogP contribution < -0.4 is 11.1 Å². The molecule has 2 rings (SSSR count). The van der Waals surface area contributed by atoms with Gasteiger partial charge in [-0.3, -0.25) is 9.89 Å². The number of aliphatic imine (C=N–C) groups is 1. The molecular weight excluding hydrogens is 431 g/mol. The molecule has 1 aromatic carbocycles. The molecule has 0 radical (unpaired) electrons. The number of guanidine groups is 1. The molecule has 0 aliphatic carbocycles. The highest BCUT2D eigenvalue weighted by atomic mass is 127. The van der Waals surface area contributed by atoms with Crippen molar-refractivity contribution in [2.24, 2.45) is 10.7 Å². The maximum absolute atomic E-state index is 6.05. The van der Waals surface area contributed by atoms with Gasteiger partial charge in [0.2, 0.25) is 0 Å². The minimum Gasteiger partial charge on any atom is -0.370 e. The number of likely N-dealkylation sites (N-methyl/N-ethyl adjacent to an activating group) is 1. The molecule has 6 heteroatoms. The number of thiophene rings is 1. The van der Waals surface area contributed by atoms with Gasteiger partial charge in [0.1, 0.15) is 0 Å². The maximum atomic E-state index is 6.05. The second-order valence-electron chi connectivity index (χ2n) is 5.51. The van der Waals surface area contributed by atoms with Crippen LogP contribution in [0.1, 0.15) is 31.0 Å². The standard InChI is InChI=1S/C18H26N4S.HI/c1-4-22(5-2)17(15-10-11-23-13-15)12-20-18(19)21-16-8-6-14(3)7-9-16;/h6-11,13,17H,4-5,12H2,1-3H3,(H3,19,20,21);1H. The quantitative estimate of drug-likeness (QED) is 0.366. The van der Waals surface area contributed by atoms with Gasteiger partial charge in [0, 0.05) is 5.69 Å². The van der Waals surface area contributed by atoms with Gasteiger partial charge in [0.25, 0.3) is 0 Å². The Kier molecular flexibility index (Phi) is 9.31. The molecule has 0 fully saturated rings. The zero-order valence-electron chi connectivity index (χ0n) is 14.5. The van der Waals surface area contributed by atoms with Crippen LogP contribution in [0.2, 0.25) is 0 Å². The number of nitrogens with zero attached hydrogens (tertiary/aromatic N) is 2. The smallest absolute Gasteiger partial charge is 0.193 e. The lowest BCUT2D eigenvalue weighted by Gasteiger charge is -2.28. The molecule has 0 saturated heterocycles. The van der Waals surface area contributed by atoms with E-state index in [1.165, 1.54) is 11.1 Å². The minimum absolute atomic E-state index is 0. The predicted octanol–water partition coefficient (Wildman–Crippen LogP) is 4.48. The van der Waals surface area contributed by atoms with Gasteiger partial charge in [-0.25, -0.2) is 0 Å². The van der Waals surface area contributed by atoms with Gasteiger partial charge in [-0.05, 0) is 54.5 Å². The Bertz CT molecular complexity index is 606.